The number of methoxy groups -OCH3 is 1. The average molecular weight is 237 g/mol. The molecule has 1 aliphatic rings. The van der Waals surface area contributed by atoms with Gasteiger partial charge in [0.15, 0.2) is 6.10 Å². The van der Waals surface area contributed by atoms with Crippen LogP contribution < -0.4 is 0 Å². The number of hydrogen-bond donors (Lipinski definition) is 0. The fraction of sp³-hybridized carbons (Fsp3) is 0.500. The number of cyclic esters (lactones) is 1. The number of nitrogens with zero attached hydrogens (tertiary/aromatic N) is 1. The Bertz CT molecular complexity index is 422. The number of furan rings is 1. The van der Waals surface area contributed by atoms with Crippen molar-refractivity contribution in [2.75, 3.05) is 7.11 Å². The maximum Gasteiger partial charge on any atom is 0.339 e. The first-order chi connectivity index (χ1) is 8.13. The van der Waals surface area contributed by atoms with Gasteiger partial charge in [0.25, 0.3) is 0 Å². The van der Waals surface area contributed by atoms with E-state index in [-0.39, 0.29) is 5.92 Å². The summed E-state index contributed by atoms with van der Waals surface area (Å²) in [7, 11) is 1.52. The van der Waals surface area contributed by atoms with Gasteiger partial charge in [0.05, 0.1) is 13.4 Å². The Morgan fingerprint density at radius 3 is 2.76 bits per heavy atom. The van der Waals surface area contributed by atoms with E-state index in [0.717, 1.165) is 0 Å². The van der Waals surface area contributed by atoms with Gasteiger partial charge in [-0.3, -0.25) is 0 Å². The third-order valence-electron chi connectivity index (χ3n) is 2.59. The highest BCUT2D eigenvalue weighted by Crippen LogP contribution is 2.27. The molecule has 0 saturated carbocycles. The van der Waals surface area contributed by atoms with Gasteiger partial charge >= 0.3 is 5.97 Å². The molecular weight excluding hydrogens is 222 g/mol. The summed E-state index contributed by atoms with van der Waals surface area (Å²) in [6, 6.07) is 2.65. The number of hydrogen-bond acceptors (Lipinski definition) is 5. The van der Waals surface area contributed by atoms with Gasteiger partial charge in [-0.1, -0.05) is 13.8 Å². The molecule has 0 spiro atoms. The third-order valence-corrected chi connectivity index (χ3v) is 2.59. The molecule has 1 aromatic heterocycles. The number of rotatable bonds is 2. The quantitative estimate of drug-likeness (QED) is 0.737. The fourth-order valence-corrected chi connectivity index (χ4v) is 1.71. The van der Waals surface area contributed by atoms with Gasteiger partial charge in [-0.15, -0.1) is 0 Å². The minimum Gasteiger partial charge on any atom is -0.482 e. The average Bonchev–Trinajstić information content (AvgIpc) is 2.82. The SMILES string of the molecule is COC1=NC(c2ccco2)C(=O)O[C@H]1C(C)C. The van der Waals surface area contributed by atoms with Crippen LogP contribution in [0.25, 0.3) is 0 Å². The van der Waals surface area contributed by atoms with Crippen molar-refractivity contribution in [1.82, 2.24) is 0 Å². The maximum absolute atomic E-state index is 11.8. The van der Waals surface area contributed by atoms with E-state index in [0.29, 0.717) is 11.7 Å². The van der Waals surface area contributed by atoms with Crippen LogP contribution in [0.5, 0.6) is 0 Å². The highest BCUT2D eigenvalue weighted by molar-refractivity contribution is 5.91. The predicted octanol–water partition coefficient (Wildman–Crippen LogP) is 1.95. The lowest BCUT2D eigenvalue weighted by atomic mass is 10.1. The van der Waals surface area contributed by atoms with Crippen LogP contribution in [0.15, 0.2) is 27.8 Å². The van der Waals surface area contributed by atoms with Gasteiger partial charge in [0.1, 0.15) is 5.76 Å². The molecule has 1 aliphatic heterocycles. The Morgan fingerprint density at radius 2 is 2.24 bits per heavy atom. The Hall–Kier alpha value is -1.78. The van der Waals surface area contributed by atoms with Crippen LogP contribution in [-0.2, 0) is 14.3 Å². The number of carbonyl (C=O) groups excluding carboxylic acids is 1. The topological polar surface area (TPSA) is 61.0 Å². The molecule has 0 saturated heterocycles. The van der Waals surface area contributed by atoms with Crippen LogP contribution in [0.4, 0.5) is 0 Å². The fourth-order valence-electron chi connectivity index (χ4n) is 1.71. The van der Waals surface area contributed by atoms with Crippen molar-refractivity contribution in [3.05, 3.63) is 24.2 Å². The molecule has 0 fully saturated rings. The van der Waals surface area contributed by atoms with E-state index < -0.39 is 18.1 Å². The van der Waals surface area contributed by atoms with Crippen molar-refractivity contribution < 1.29 is 18.7 Å². The van der Waals surface area contributed by atoms with E-state index in [1.54, 1.807) is 12.1 Å². The molecule has 17 heavy (non-hydrogen) atoms. The molecule has 1 aromatic rings. The Balaban J connectivity index is 2.31. The zero-order valence-electron chi connectivity index (χ0n) is 10.0. The van der Waals surface area contributed by atoms with Crippen LogP contribution in [0.1, 0.15) is 25.6 Å². The molecule has 0 N–H and O–H groups in total. The Labute approximate surface area is 99.4 Å². The first kappa shape index (κ1) is 11.7. The summed E-state index contributed by atoms with van der Waals surface area (Å²) in [6.07, 6.45) is 1.08. The summed E-state index contributed by atoms with van der Waals surface area (Å²) in [5, 5.41) is 0. The highest BCUT2D eigenvalue weighted by atomic mass is 16.6. The largest absolute Gasteiger partial charge is 0.482 e. The van der Waals surface area contributed by atoms with Crippen LogP contribution in [0.2, 0.25) is 0 Å². The van der Waals surface area contributed by atoms with Gasteiger partial charge in [0.2, 0.25) is 11.9 Å². The van der Waals surface area contributed by atoms with Crippen molar-refractivity contribution in [3.8, 4) is 0 Å². The summed E-state index contributed by atoms with van der Waals surface area (Å²) >= 11 is 0. The van der Waals surface area contributed by atoms with Crippen molar-refractivity contribution in [3.63, 3.8) is 0 Å². The van der Waals surface area contributed by atoms with Crippen molar-refractivity contribution >= 4 is 11.9 Å². The predicted molar refractivity (Wildman–Crippen MR) is 60.6 cm³/mol. The minimum absolute atomic E-state index is 0.121. The summed E-state index contributed by atoms with van der Waals surface area (Å²) < 4.78 is 15.7. The molecule has 1 unspecified atom stereocenters. The smallest absolute Gasteiger partial charge is 0.339 e. The molecule has 0 radical (unpaired) electrons. The third kappa shape index (κ3) is 2.18. The van der Waals surface area contributed by atoms with E-state index in [9.17, 15) is 4.79 Å². The molecule has 0 aliphatic carbocycles. The van der Waals surface area contributed by atoms with E-state index >= 15 is 0 Å². The second-order valence-electron chi connectivity index (χ2n) is 4.19. The lowest BCUT2D eigenvalue weighted by Crippen LogP contribution is -2.39. The van der Waals surface area contributed by atoms with E-state index in [1.807, 2.05) is 13.8 Å². The molecule has 0 aromatic carbocycles. The Kier molecular flexibility index (Phi) is 3.17. The van der Waals surface area contributed by atoms with Crippen LogP contribution in [0, 0.1) is 5.92 Å². The molecule has 5 heteroatoms. The Morgan fingerprint density at radius 1 is 1.47 bits per heavy atom. The van der Waals surface area contributed by atoms with E-state index in [4.69, 9.17) is 13.9 Å². The van der Waals surface area contributed by atoms with Crippen LogP contribution in [0.3, 0.4) is 0 Å². The van der Waals surface area contributed by atoms with Gasteiger partial charge in [-0.05, 0) is 18.1 Å². The van der Waals surface area contributed by atoms with Gasteiger partial charge in [-0.2, -0.15) is 0 Å². The number of ether oxygens (including phenoxy) is 2. The second kappa shape index (κ2) is 4.61. The molecule has 0 bridgehead atoms. The number of carbonyl (C=O) groups is 1. The zero-order valence-corrected chi connectivity index (χ0v) is 10.0. The summed E-state index contributed by atoms with van der Waals surface area (Å²) in [6.45, 7) is 3.89. The van der Waals surface area contributed by atoms with Gasteiger partial charge < -0.3 is 13.9 Å². The normalized spacial score (nSPS) is 24.5. The van der Waals surface area contributed by atoms with E-state index in [1.165, 1.54) is 13.4 Å². The number of aliphatic imine (C=N–C) groups is 1. The molecule has 5 nitrogen and oxygen atoms in total. The lowest BCUT2D eigenvalue weighted by Gasteiger charge is -2.27. The maximum atomic E-state index is 11.8. The molecule has 2 rings (SSSR count). The van der Waals surface area contributed by atoms with Crippen LogP contribution >= 0.6 is 0 Å². The molecule has 2 atom stereocenters. The van der Waals surface area contributed by atoms with Crippen molar-refractivity contribution in [2.45, 2.75) is 26.0 Å². The monoisotopic (exact) mass is 237 g/mol. The minimum atomic E-state index is -0.755. The van der Waals surface area contributed by atoms with Crippen molar-refractivity contribution in [2.24, 2.45) is 10.9 Å². The standard InChI is InChI=1S/C12H15NO4/c1-7(2)10-11(15-3)13-9(12(14)17-10)8-5-4-6-16-8/h4-7,9-10H,1-3H3/t9?,10-/m0/s1. The van der Waals surface area contributed by atoms with Gasteiger partial charge in [0, 0.05) is 0 Å². The summed E-state index contributed by atoms with van der Waals surface area (Å²) in [5.74, 6) is 0.613. The molecular formula is C12H15NO4. The lowest BCUT2D eigenvalue weighted by molar-refractivity contribution is -0.152. The first-order valence-corrected chi connectivity index (χ1v) is 5.49. The highest BCUT2D eigenvalue weighted by Gasteiger charge is 2.37. The van der Waals surface area contributed by atoms with Crippen LogP contribution in [-0.4, -0.2) is 25.1 Å². The second-order valence-corrected chi connectivity index (χ2v) is 4.19. The zero-order chi connectivity index (χ0) is 12.4. The van der Waals surface area contributed by atoms with Crippen molar-refractivity contribution in [1.29, 1.82) is 0 Å². The summed E-state index contributed by atoms with van der Waals surface area (Å²) in [4.78, 5) is 16.1. The first-order valence-electron chi connectivity index (χ1n) is 5.49. The molecule has 2 heterocycles. The van der Waals surface area contributed by atoms with E-state index in [2.05, 4.69) is 4.99 Å². The summed E-state index contributed by atoms with van der Waals surface area (Å²) in [5.41, 5.74) is 0. The van der Waals surface area contributed by atoms with Gasteiger partial charge in [-0.25, -0.2) is 9.79 Å². The number of esters is 1. The molecule has 0 amide bonds. The molecule has 92 valence electrons.